The van der Waals surface area contributed by atoms with Crippen LogP contribution in [0.4, 0.5) is 14.4 Å². The van der Waals surface area contributed by atoms with Gasteiger partial charge in [-0.25, -0.2) is 18.9 Å². The van der Waals surface area contributed by atoms with Gasteiger partial charge in [-0.1, -0.05) is 203 Å². The zero-order valence-electron chi connectivity index (χ0n) is 58.0. The first kappa shape index (κ1) is 81.6. The Morgan fingerprint density at radius 3 is 1.26 bits per heavy atom. The van der Waals surface area contributed by atoms with E-state index in [0.29, 0.717) is 31.5 Å². The Hall–Kier alpha value is -4.49. The molecule has 20 nitrogen and oxygen atoms in total. The topological polar surface area (TPSA) is 211 Å². The fourth-order valence-electron chi connectivity index (χ4n) is 9.81. The summed E-state index contributed by atoms with van der Waals surface area (Å²) in [6, 6.07) is 9.12. The Balaban J connectivity index is 2.15. The van der Waals surface area contributed by atoms with Crippen LogP contribution in [0.3, 0.4) is 0 Å². The molecule has 0 N–H and O–H groups in total. The minimum absolute atomic E-state index is 0.117. The maximum atomic E-state index is 14.4. The van der Waals surface area contributed by atoms with Crippen molar-refractivity contribution in [2.45, 2.75) is 285 Å². The van der Waals surface area contributed by atoms with Gasteiger partial charge in [-0.3, -0.25) is 28.1 Å². The molecule has 0 aromatic heterocycles. The number of hydrogen-bond donors (Lipinski definition) is 0. The lowest BCUT2D eigenvalue weighted by molar-refractivity contribution is -0.161. The van der Waals surface area contributed by atoms with Gasteiger partial charge in [-0.2, -0.15) is 0 Å². The minimum atomic E-state index is -4.38. The van der Waals surface area contributed by atoms with Crippen LogP contribution in [0.2, 0.25) is 0 Å². The predicted molar refractivity (Wildman–Crippen MR) is 357 cm³/mol. The van der Waals surface area contributed by atoms with Crippen LogP contribution in [0.1, 0.15) is 262 Å². The summed E-state index contributed by atoms with van der Waals surface area (Å²) in [7, 11) is -4.38. The van der Waals surface area contributed by atoms with Crippen molar-refractivity contribution >= 4 is 44.3 Å². The Bertz CT molecular complexity index is 2090. The fourth-order valence-corrected chi connectivity index (χ4v) is 11.0. The number of amides is 3. The lowest BCUT2D eigenvalue weighted by Crippen LogP contribution is -2.51. The zero-order valence-corrected chi connectivity index (χ0v) is 58.9. The van der Waals surface area contributed by atoms with Crippen LogP contribution in [0.5, 0.6) is 0 Å². The monoisotopic (exact) mass is 1290 g/mol. The molecule has 3 amide bonds. The normalized spacial score (nSPS) is 15.2. The summed E-state index contributed by atoms with van der Waals surface area (Å²) in [5, 5.41) is 4.15. The third-order valence-corrected chi connectivity index (χ3v) is 16.3. The molecule has 0 spiro atoms. The molecule has 90 heavy (non-hydrogen) atoms. The summed E-state index contributed by atoms with van der Waals surface area (Å²) in [5.74, 6) is -0.874. The minimum Gasteiger partial charge on any atom is -0.462 e. The van der Waals surface area contributed by atoms with Gasteiger partial charge in [0, 0.05) is 71.7 Å². The van der Waals surface area contributed by atoms with Crippen LogP contribution in [-0.2, 0) is 62.9 Å². The molecular weight excluding hydrogens is 1170 g/mol. The van der Waals surface area contributed by atoms with Gasteiger partial charge in [0.05, 0.1) is 26.0 Å². The van der Waals surface area contributed by atoms with E-state index in [2.05, 4.69) is 19.0 Å². The van der Waals surface area contributed by atoms with E-state index in [4.69, 9.17) is 42.1 Å². The summed E-state index contributed by atoms with van der Waals surface area (Å²) < 4.78 is 60.8. The predicted octanol–water partition coefficient (Wildman–Crippen LogP) is 16.8. The number of hydrogen-bond acceptors (Lipinski definition) is 17. The van der Waals surface area contributed by atoms with Crippen molar-refractivity contribution in [3.05, 3.63) is 35.9 Å². The molecule has 1 heterocycles. The van der Waals surface area contributed by atoms with E-state index in [1.807, 2.05) is 35.2 Å². The van der Waals surface area contributed by atoms with Crippen LogP contribution in [-0.4, -0.2) is 164 Å². The van der Waals surface area contributed by atoms with E-state index < -0.39 is 67.6 Å². The maximum absolute atomic E-state index is 14.4. The molecule has 2 atom stereocenters. The maximum Gasteiger partial charge on any atom is 0.475 e. The number of rotatable bonds is 44. The van der Waals surface area contributed by atoms with E-state index in [9.17, 15) is 28.5 Å². The second-order valence-corrected chi connectivity index (χ2v) is 28.6. The number of ether oxygens (including phenoxy) is 5. The van der Waals surface area contributed by atoms with Crippen molar-refractivity contribution in [1.29, 1.82) is 0 Å². The number of unbranched alkanes of at least 4 members (excludes halogenated alkanes) is 24. The smallest absolute Gasteiger partial charge is 0.462 e. The number of benzene rings is 1. The summed E-state index contributed by atoms with van der Waals surface area (Å²) in [6.45, 7) is 21.1. The molecule has 1 aliphatic rings. The Kier molecular flexibility index (Phi) is 43.8. The molecule has 1 aromatic rings. The number of phosphoric acid groups is 1. The quantitative estimate of drug-likeness (QED) is 0.0148. The lowest BCUT2D eigenvalue weighted by atomic mass is 10.0. The fraction of sp³-hybridized carbons (Fsp3) is 0.826. The molecule has 1 aromatic carbocycles. The second-order valence-electron chi connectivity index (χ2n) is 26.9. The van der Waals surface area contributed by atoms with E-state index in [0.717, 1.165) is 38.5 Å². The molecule has 1 saturated heterocycles. The molecule has 0 radical (unpaired) electrons. The molecule has 1 unspecified atom stereocenters. The van der Waals surface area contributed by atoms with Gasteiger partial charge in [-0.05, 0) is 80.7 Å². The highest BCUT2D eigenvalue weighted by Gasteiger charge is 2.32. The summed E-state index contributed by atoms with van der Waals surface area (Å²) >= 11 is 0. The first-order valence-electron chi connectivity index (χ1n) is 34.6. The highest BCUT2D eigenvalue weighted by molar-refractivity contribution is 7.48. The zero-order chi connectivity index (χ0) is 66.4. The van der Waals surface area contributed by atoms with Gasteiger partial charge in [0.25, 0.3) is 0 Å². The van der Waals surface area contributed by atoms with Crippen LogP contribution in [0, 0.1) is 0 Å². The first-order chi connectivity index (χ1) is 42.9. The lowest BCUT2D eigenvalue weighted by Gasteiger charge is -2.35. The number of nitrogens with zero attached hydrogens (tertiary/aromatic N) is 5. The van der Waals surface area contributed by atoms with E-state index in [1.165, 1.54) is 127 Å². The van der Waals surface area contributed by atoms with Gasteiger partial charge in [0.2, 0.25) is 0 Å². The second kappa shape index (κ2) is 48.3. The van der Waals surface area contributed by atoms with Crippen molar-refractivity contribution in [2.24, 2.45) is 5.16 Å². The van der Waals surface area contributed by atoms with Crippen molar-refractivity contribution in [3.63, 3.8) is 0 Å². The molecule has 0 saturated carbocycles. The van der Waals surface area contributed by atoms with Crippen molar-refractivity contribution < 1.29 is 70.6 Å². The summed E-state index contributed by atoms with van der Waals surface area (Å²) in [5.41, 5.74) is -1.61. The SMILES string of the molecule is CCCCCCCCCCCCCCCC(=O)OC[C@H](COP(=O)(OCCO/N=C/CN1CCN(C(=O)OC(C)(C)C)CCN(C(=O)OC(C)(C)C)CCN(C(=O)OC(C)(C)C)CC1)OCc1ccccc1)OC(=O)CCCCCCCCCCCCCCC. The van der Waals surface area contributed by atoms with Crippen molar-refractivity contribution in [1.82, 2.24) is 19.6 Å². The van der Waals surface area contributed by atoms with Gasteiger partial charge >= 0.3 is 38.0 Å². The largest absolute Gasteiger partial charge is 0.475 e. The van der Waals surface area contributed by atoms with E-state index in [-0.39, 0.29) is 85.1 Å². The van der Waals surface area contributed by atoms with Gasteiger partial charge < -0.3 is 43.2 Å². The number of esters is 2. The molecule has 1 fully saturated rings. The van der Waals surface area contributed by atoms with Crippen LogP contribution >= 0.6 is 7.82 Å². The Morgan fingerprint density at radius 1 is 0.478 bits per heavy atom. The molecule has 520 valence electrons. The third kappa shape index (κ3) is 44.9. The molecular formula is C69H124N5O15P. The molecule has 1 aliphatic heterocycles. The van der Waals surface area contributed by atoms with Crippen molar-refractivity contribution in [3.8, 4) is 0 Å². The number of phosphoric ester groups is 1. The average molecular weight is 1290 g/mol. The molecule has 21 heteroatoms. The molecule has 0 bridgehead atoms. The molecule has 0 aliphatic carbocycles. The van der Waals surface area contributed by atoms with Gasteiger partial charge in [0.1, 0.15) is 30.0 Å². The van der Waals surface area contributed by atoms with Crippen LogP contribution < -0.4 is 0 Å². The van der Waals surface area contributed by atoms with Gasteiger partial charge in [0.15, 0.2) is 6.10 Å². The Labute approximate surface area is 544 Å². The number of carbonyl (C=O) groups excluding carboxylic acids is 5. The number of carbonyl (C=O) groups is 5. The van der Waals surface area contributed by atoms with Crippen LogP contribution in [0.15, 0.2) is 35.5 Å². The Morgan fingerprint density at radius 2 is 0.856 bits per heavy atom. The first-order valence-corrected chi connectivity index (χ1v) is 36.1. The highest BCUT2D eigenvalue weighted by Crippen LogP contribution is 2.50. The standard InChI is InChI=1S/C69H124N5O15P/c1-12-14-16-18-20-22-24-26-28-30-32-34-39-43-62(75)81-58-61(86-63(76)44-40-35-33-31-29-27-25-23-21-19-17-15-13-2)59-85-90(80,84-57-60-41-37-36-38-42-60)83-56-55-82-70-45-46-71-47-49-72(64(77)87-67(3,4)5)51-53-74(66(79)89-69(9,10)11)54-52-73(50-48-71)65(78)88-68(6,7)8/h36-38,41-42,45,61H,12-35,39-40,43-44,46-59H2,1-11H3/b70-45+/t61-,90?/m1/s1. The summed E-state index contributed by atoms with van der Waals surface area (Å²) in [6.07, 6.45) is 30.0. The average Bonchev–Trinajstić information content (AvgIpc) is 3.33. The van der Waals surface area contributed by atoms with E-state index in [1.54, 1.807) is 72.1 Å². The summed E-state index contributed by atoms with van der Waals surface area (Å²) in [4.78, 5) is 79.2. The van der Waals surface area contributed by atoms with Crippen molar-refractivity contribution in [2.75, 3.05) is 85.3 Å². The number of oxime groups is 1. The third-order valence-electron chi connectivity index (χ3n) is 14.9. The van der Waals surface area contributed by atoms with Crippen LogP contribution in [0.25, 0.3) is 0 Å². The highest BCUT2D eigenvalue weighted by atomic mass is 31.2. The van der Waals surface area contributed by atoms with Gasteiger partial charge in [-0.15, -0.1) is 0 Å². The van der Waals surface area contributed by atoms with E-state index >= 15 is 0 Å². The molecule has 2 rings (SSSR count).